The summed E-state index contributed by atoms with van der Waals surface area (Å²) in [4.78, 5) is 26.0. The summed E-state index contributed by atoms with van der Waals surface area (Å²) in [6.07, 6.45) is 4.28. The molecule has 0 spiro atoms. The van der Waals surface area contributed by atoms with Crippen molar-refractivity contribution in [1.29, 1.82) is 0 Å². The number of aryl methyl sites for hydroxylation is 1. The number of ketones is 1. The fourth-order valence-electron chi connectivity index (χ4n) is 3.27. The van der Waals surface area contributed by atoms with Crippen molar-refractivity contribution in [3.63, 3.8) is 0 Å². The third-order valence-corrected chi connectivity index (χ3v) is 4.77. The van der Waals surface area contributed by atoms with Crippen molar-refractivity contribution in [3.05, 3.63) is 54.1 Å². The fourth-order valence-corrected chi connectivity index (χ4v) is 3.27. The number of carbonyl (C=O) groups is 2. The molecule has 4 rings (SSSR count). The monoisotopic (exact) mass is 389 g/mol. The van der Waals surface area contributed by atoms with Crippen molar-refractivity contribution in [2.24, 2.45) is 0 Å². The topological polar surface area (TPSA) is 75.9 Å². The lowest BCUT2D eigenvalue weighted by Gasteiger charge is -2.24. The van der Waals surface area contributed by atoms with E-state index in [2.05, 4.69) is 5.16 Å². The number of rotatable bonds is 5. The lowest BCUT2D eigenvalue weighted by Crippen LogP contribution is -2.28. The van der Waals surface area contributed by atoms with E-state index in [9.17, 15) is 18.4 Å². The van der Waals surface area contributed by atoms with Crippen molar-refractivity contribution < 1.29 is 27.6 Å². The van der Waals surface area contributed by atoms with Gasteiger partial charge in [0.15, 0.2) is 17.4 Å². The molecule has 0 N–H and O–H groups in total. The summed E-state index contributed by atoms with van der Waals surface area (Å²) in [5.41, 5.74) is 0.566. The maximum atomic E-state index is 14.7. The average molecular weight is 389 g/mol. The Balaban J connectivity index is 1.49. The first-order valence-corrected chi connectivity index (χ1v) is 8.86. The van der Waals surface area contributed by atoms with Crippen molar-refractivity contribution in [3.8, 4) is 0 Å². The quantitative estimate of drug-likeness (QED) is 0.782. The van der Waals surface area contributed by atoms with Crippen LogP contribution in [0.5, 0.6) is 0 Å². The molecule has 1 saturated heterocycles. The fraction of sp³-hybridized carbons (Fsp3) is 0.316. The molecule has 1 amide bonds. The predicted octanol–water partition coefficient (Wildman–Crippen LogP) is 3.20. The molecule has 0 unspecified atom stereocenters. The molecule has 7 nitrogen and oxygen atoms in total. The minimum Gasteiger partial charge on any atom is -0.444 e. The molecule has 1 aromatic carbocycles. The number of allylic oxidation sites excluding steroid dienone is 1. The van der Waals surface area contributed by atoms with Crippen LogP contribution in [0, 0.1) is 11.6 Å². The number of hydrogen-bond acceptors (Lipinski definition) is 6. The van der Waals surface area contributed by atoms with Crippen LogP contribution in [0.3, 0.4) is 0 Å². The number of aromatic nitrogens is 1. The van der Waals surface area contributed by atoms with Gasteiger partial charge in [0.05, 0.1) is 23.6 Å². The summed E-state index contributed by atoms with van der Waals surface area (Å²) in [5, 5.41) is 3.79. The highest BCUT2D eigenvalue weighted by molar-refractivity contribution is 5.92. The number of ether oxygens (including phenoxy) is 1. The first kappa shape index (κ1) is 18.1. The number of nitrogens with zero attached hydrogens (tertiary/aromatic N) is 3. The first-order chi connectivity index (χ1) is 13.5. The van der Waals surface area contributed by atoms with Crippen LogP contribution in [0.1, 0.15) is 18.5 Å². The van der Waals surface area contributed by atoms with Crippen molar-refractivity contribution in [1.82, 2.24) is 5.16 Å². The Morgan fingerprint density at radius 1 is 1.14 bits per heavy atom. The van der Waals surface area contributed by atoms with Crippen LogP contribution < -0.4 is 9.80 Å². The Kier molecular flexibility index (Phi) is 4.81. The molecule has 0 aliphatic carbocycles. The lowest BCUT2D eigenvalue weighted by molar-refractivity contribution is -0.114. The number of cyclic esters (lactones) is 1. The summed E-state index contributed by atoms with van der Waals surface area (Å²) in [7, 11) is 0. The van der Waals surface area contributed by atoms with Gasteiger partial charge in [-0.3, -0.25) is 9.69 Å². The summed E-state index contributed by atoms with van der Waals surface area (Å²) >= 11 is 0. The maximum Gasteiger partial charge on any atom is 0.414 e. The summed E-state index contributed by atoms with van der Waals surface area (Å²) in [6, 6.07) is 4.45. The molecule has 0 saturated carbocycles. The second-order valence-electron chi connectivity index (χ2n) is 6.60. The Morgan fingerprint density at radius 2 is 1.93 bits per heavy atom. The van der Waals surface area contributed by atoms with Gasteiger partial charge in [-0.2, -0.15) is 0 Å². The van der Waals surface area contributed by atoms with E-state index in [0.29, 0.717) is 12.8 Å². The van der Waals surface area contributed by atoms with Gasteiger partial charge >= 0.3 is 6.09 Å². The smallest absolute Gasteiger partial charge is 0.414 e. The van der Waals surface area contributed by atoms with E-state index in [1.807, 2.05) is 0 Å². The Bertz CT molecular complexity index is 930. The highest BCUT2D eigenvalue weighted by atomic mass is 19.2. The van der Waals surface area contributed by atoms with E-state index in [1.165, 1.54) is 35.6 Å². The average Bonchev–Trinajstić information content (AvgIpc) is 3.33. The van der Waals surface area contributed by atoms with E-state index in [-0.39, 0.29) is 36.7 Å². The zero-order valence-electron chi connectivity index (χ0n) is 14.8. The second-order valence-corrected chi connectivity index (χ2v) is 6.60. The van der Waals surface area contributed by atoms with E-state index < -0.39 is 23.8 Å². The molecule has 0 bridgehead atoms. The maximum absolute atomic E-state index is 14.7. The third-order valence-electron chi connectivity index (χ3n) is 4.77. The Hall–Kier alpha value is -3.23. The molecule has 0 radical (unpaired) electrons. The highest BCUT2D eigenvalue weighted by Gasteiger charge is 2.35. The van der Waals surface area contributed by atoms with Crippen LogP contribution in [0.15, 0.2) is 41.3 Å². The van der Waals surface area contributed by atoms with Gasteiger partial charge in [0.25, 0.3) is 0 Å². The van der Waals surface area contributed by atoms with Gasteiger partial charge in [-0.25, -0.2) is 13.6 Å². The lowest BCUT2D eigenvalue weighted by atomic mass is 10.1. The molecule has 28 heavy (non-hydrogen) atoms. The van der Waals surface area contributed by atoms with Crippen molar-refractivity contribution in [2.45, 2.75) is 25.4 Å². The number of hydrogen-bond donors (Lipinski definition) is 0. The zero-order valence-corrected chi connectivity index (χ0v) is 14.8. The van der Waals surface area contributed by atoms with Crippen LogP contribution in [0.25, 0.3) is 0 Å². The third kappa shape index (κ3) is 3.47. The van der Waals surface area contributed by atoms with Crippen molar-refractivity contribution >= 4 is 23.3 Å². The second kappa shape index (κ2) is 7.41. The summed E-state index contributed by atoms with van der Waals surface area (Å²) in [5.74, 6) is -2.27. The number of carbonyl (C=O) groups excluding carboxylic acids is 2. The van der Waals surface area contributed by atoms with Crippen LogP contribution in [0.4, 0.5) is 25.0 Å². The Morgan fingerprint density at radius 3 is 2.64 bits per heavy atom. The van der Waals surface area contributed by atoms with Crippen LogP contribution in [-0.2, 0) is 16.0 Å². The number of halogens is 2. The molecule has 3 heterocycles. The number of benzene rings is 1. The normalized spacial score (nSPS) is 19.4. The highest BCUT2D eigenvalue weighted by Crippen LogP contribution is 2.33. The van der Waals surface area contributed by atoms with Crippen molar-refractivity contribution in [2.75, 3.05) is 22.9 Å². The summed E-state index contributed by atoms with van der Waals surface area (Å²) in [6.45, 7) is 0.380. The number of amides is 1. The van der Waals surface area contributed by atoms with Gasteiger partial charge in [-0.05, 0) is 31.1 Å². The molecule has 1 aromatic heterocycles. The molecule has 1 fully saturated rings. The molecule has 2 aliphatic heterocycles. The predicted molar refractivity (Wildman–Crippen MR) is 94.9 cm³/mol. The van der Waals surface area contributed by atoms with E-state index >= 15 is 0 Å². The van der Waals surface area contributed by atoms with Gasteiger partial charge < -0.3 is 14.2 Å². The zero-order chi connectivity index (χ0) is 19.7. The van der Waals surface area contributed by atoms with Crippen LogP contribution in [-0.4, -0.2) is 36.2 Å². The minimum absolute atomic E-state index is 0.0140. The van der Waals surface area contributed by atoms with Crippen LogP contribution in [0.2, 0.25) is 0 Å². The van der Waals surface area contributed by atoms with E-state index in [1.54, 1.807) is 6.07 Å². The van der Waals surface area contributed by atoms with E-state index in [0.717, 1.165) is 10.6 Å². The van der Waals surface area contributed by atoms with Gasteiger partial charge in [0.2, 0.25) is 0 Å². The van der Waals surface area contributed by atoms with Crippen LogP contribution >= 0.6 is 0 Å². The standard InChI is InChI=1S/C19H17F2N3O4/c20-17-15(23-8-5-13(25)6-9-23)3-4-16(18(17)21)24-11-14(28-19(24)26)2-1-12-7-10-27-22-12/h3-5,7-8,10,14H,1-2,6,9,11H2/t14-/m0/s1. The van der Waals surface area contributed by atoms with Gasteiger partial charge in [0.1, 0.15) is 12.4 Å². The van der Waals surface area contributed by atoms with E-state index in [4.69, 9.17) is 9.26 Å². The molecular weight excluding hydrogens is 372 g/mol. The molecule has 2 aliphatic rings. The first-order valence-electron chi connectivity index (χ1n) is 8.86. The molecule has 2 aromatic rings. The Labute approximate surface area is 159 Å². The molecule has 9 heteroatoms. The van der Waals surface area contributed by atoms with Gasteiger partial charge in [-0.1, -0.05) is 5.16 Å². The molecule has 1 atom stereocenters. The SMILES string of the molecule is O=C1C=CN(c2ccc(N3C[C@H](CCc4ccon4)OC3=O)c(F)c2F)CC1. The number of anilines is 2. The molecular formula is C19H17F2N3O4. The molecule has 146 valence electrons. The van der Waals surface area contributed by atoms with Gasteiger partial charge in [0, 0.05) is 25.2 Å². The largest absolute Gasteiger partial charge is 0.444 e. The minimum atomic E-state index is -1.13. The summed E-state index contributed by atoms with van der Waals surface area (Å²) < 4.78 is 39.3. The van der Waals surface area contributed by atoms with Gasteiger partial charge in [-0.15, -0.1) is 0 Å².